The Labute approximate surface area is 133 Å². The summed E-state index contributed by atoms with van der Waals surface area (Å²) in [5, 5.41) is 13.3. The summed E-state index contributed by atoms with van der Waals surface area (Å²) in [6.07, 6.45) is 0.194. The zero-order valence-corrected chi connectivity index (χ0v) is 12.9. The zero-order valence-electron chi connectivity index (χ0n) is 12.0. The molecule has 0 amide bonds. The molecule has 0 aliphatic heterocycles. The van der Waals surface area contributed by atoms with Crippen molar-refractivity contribution in [3.05, 3.63) is 45.5 Å². The SMILES string of the molecule is Cl.Cn1nc(-c2ccc(F)c(CN)c2)c(CCO)c(N)c1=O. The van der Waals surface area contributed by atoms with Crippen molar-refractivity contribution in [3.8, 4) is 11.3 Å². The molecule has 0 saturated carbocycles. The molecule has 0 saturated heterocycles. The van der Waals surface area contributed by atoms with Crippen LogP contribution in [0.2, 0.25) is 0 Å². The number of benzene rings is 1. The molecule has 0 radical (unpaired) electrons. The quantitative estimate of drug-likeness (QED) is 0.761. The van der Waals surface area contributed by atoms with Gasteiger partial charge in [-0.1, -0.05) is 0 Å². The Kier molecular flexibility index (Phi) is 6.04. The van der Waals surface area contributed by atoms with Crippen molar-refractivity contribution in [2.45, 2.75) is 13.0 Å². The Hall–Kier alpha value is -1.96. The fraction of sp³-hybridized carbons (Fsp3) is 0.286. The predicted octanol–water partition coefficient (Wildman–Crippen LogP) is 0.584. The average molecular weight is 329 g/mol. The lowest BCUT2D eigenvalue weighted by atomic mass is 10.0. The Bertz CT molecular complexity index is 734. The van der Waals surface area contributed by atoms with E-state index in [4.69, 9.17) is 16.6 Å². The van der Waals surface area contributed by atoms with E-state index in [-0.39, 0.29) is 37.7 Å². The number of aliphatic hydroxyl groups excluding tert-OH is 1. The minimum absolute atomic E-state index is 0. The topological polar surface area (TPSA) is 107 Å². The van der Waals surface area contributed by atoms with Gasteiger partial charge in [-0.3, -0.25) is 4.79 Å². The number of anilines is 1. The van der Waals surface area contributed by atoms with Crippen LogP contribution in [0.5, 0.6) is 0 Å². The summed E-state index contributed by atoms with van der Waals surface area (Å²) < 4.78 is 14.7. The number of nitrogens with two attached hydrogens (primary N) is 2. The van der Waals surface area contributed by atoms with Crippen LogP contribution in [0, 0.1) is 5.82 Å². The average Bonchev–Trinajstić information content (AvgIpc) is 2.48. The molecular weight excluding hydrogens is 311 g/mol. The van der Waals surface area contributed by atoms with E-state index in [1.807, 2.05) is 0 Å². The number of hydrogen-bond donors (Lipinski definition) is 3. The maximum absolute atomic E-state index is 13.5. The minimum atomic E-state index is -0.427. The summed E-state index contributed by atoms with van der Waals surface area (Å²) in [6.45, 7) is -0.118. The summed E-state index contributed by atoms with van der Waals surface area (Å²) in [5.74, 6) is -0.400. The van der Waals surface area contributed by atoms with Crippen LogP contribution in [0.4, 0.5) is 10.1 Å². The monoisotopic (exact) mass is 328 g/mol. The van der Waals surface area contributed by atoms with Crippen molar-refractivity contribution in [2.24, 2.45) is 12.8 Å². The molecule has 0 unspecified atom stereocenters. The second kappa shape index (κ2) is 7.35. The van der Waals surface area contributed by atoms with Crippen LogP contribution in [-0.2, 0) is 20.0 Å². The van der Waals surface area contributed by atoms with Gasteiger partial charge in [-0.05, 0) is 24.6 Å². The van der Waals surface area contributed by atoms with E-state index in [1.54, 1.807) is 12.1 Å². The second-order valence-corrected chi connectivity index (χ2v) is 4.65. The van der Waals surface area contributed by atoms with Crippen LogP contribution in [-0.4, -0.2) is 21.5 Å². The standard InChI is InChI=1S/C14H17FN4O2.ClH/c1-19-14(21)12(17)10(4-5-20)13(18-19)8-2-3-11(15)9(6-8)7-16;/h2-3,6,20H,4-5,7,16-17H2,1H3;1H. The van der Waals surface area contributed by atoms with E-state index in [9.17, 15) is 9.18 Å². The lowest BCUT2D eigenvalue weighted by Gasteiger charge is -2.13. The predicted molar refractivity (Wildman–Crippen MR) is 85.2 cm³/mol. The largest absolute Gasteiger partial charge is 0.396 e. The van der Waals surface area contributed by atoms with Gasteiger partial charge in [-0.15, -0.1) is 12.4 Å². The number of aromatic nitrogens is 2. The summed E-state index contributed by atoms with van der Waals surface area (Å²) in [7, 11) is 1.48. The molecule has 2 aromatic rings. The van der Waals surface area contributed by atoms with Crippen LogP contribution in [0.1, 0.15) is 11.1 Å². The van der Waals surface area contributed by atoms with Gasteiger partial charge >= 0.3 is 0 Å². The van der Waals surface area contributed by atoms with Crippen molar-refractivity contribution < 1.29 is 9.50 Å². The summed E-state index contributed by atoms with van der Waals surface area (Å²) in [4.78, 5) is 11.8. The van der Waals surface area contributed by atoms with Gasteiger partial charge in [-0.25, -0.2) is 9.07 Å². The first-order valence-corrected chi connectivity index (χ1v) is 6.45. The number of hydrogen-bond acceptors (Lipinski definition) is 5. The Balaban J connectivity index is 0.00000242. The maximum atomic E-state index is 13.5. The third-order valence-electron chi connectivity index (χ3n) is 3.29. The molecule has 0 bridgehead atoms. The lowest BCUT2D eigenvalue weighted by molar-refractivity contribution is 0.299. The number of rotatable bonds is 4. The van der Waals surface area contributed by atoms with Gasteiger partial charge < -0.3 is 16.6 Å². The van der Waals surface area contributed by atoms with Crippen LogP contribution in [0.25, 0.3) is 11.3 Å². The van der Waals surface area contributed by atoms with Gasteiger partial charge in [0.2, 0.25) is 0 Å². The molecule has 0 fully saturated rings. The maximum Gasteiger partial charge on any atom is 0.289 e. The van der Waals surface area contributed by atoms with Crippen molar-refractivity contribution >= 4 is 18.1 Å². The Morgan fingerprint density at radius 2 is 2.09 bits per heavy atom. The highest BCUT2D eigenvalue weighted by Crippen LogP contribution is 2.25. The van der Waals surface area contributed by atoms with Gasteiger partial charge in [0.05, 0.1) is 5.69 Å². The molecule has 1 aromatic heterocycles. The zero-order chi connectivity index (χ0) is 15.6. The smallest absolute Gasteiger partial charge is 0.289 e. The Morgan fingerprint density at radius 3 is 2.68 bits per heavy atom. The summed E-state index contributed by atoms with van der Waals surface area (Å²) in [6, 6.07) is 4.41. The van der Waals surface area contributed by atoms with Gasteiger partial charge in [0, 0.05) is 36.9 Å². The molecular formula is C14H18ClFN4O2. The van der Waals surface area contributed by atoms with Crippen LogP contribution in [0.3, 0.4) is 0 Å². The van der Waals surface area contributed by atoms with Gasteiger partial charge in [-0.2, -0.15) is 5.10 Å². The normalized spacial score (nSPS) is 10.4. The number of halogens is 2. The lowest BCUT2D eigenvalue weighted by Crippen LogP contribution is -2.26. The number of aliphatic hydroxyl groups is 1. The molecule has 2 rings (SSSR count). The highest BCUT2D eigenvalue weighted by Gasteiger charge is 2.16. The van der Waals surface area contributed by atoms with E-state index in [1.165, 1.54) is 13.1 Å². The van der Waals surface area contributed by atoms with Crippen molar-refractivity contribution in [1.82, 2.24) is 9.78 Å². The van der Waals surface area contributed by atoms with E-state index >= 15 is 0 Å². The molecule has 1 heterocycles. The second-order valence-electron chi connectivity index (χ2n) is 4.65. The molecule has 5 N–H and O–H groups in total. The first kappa shape index (κ1) is 18.1. The number of aryl methyl sites for hydroxylation is 1. The first-order chi connectivity index (χ1) is 9.99. The van der Waals surface area contributed by atoms with Gasteiger partial charge in [0.1, 0.15) is 11.5 Å². The van der Waals surface area contributed by atoms with Gasteiger partial charge in [0.25, 0.3) is 5.56 Å². The van der Waals surface area contributed by atoms with Crippen molar-refractivity contribution in [3.63, 3.8) is 0 Å². The first-order valence-electron chi connectivity index (χ1n) is 6.45. The van der Waals surface area contributed by atoms with Crippen molar-refractivity contribution in [2.75, 3.05) is 12.3 Å². The third kappa shape index (κ3) is 3.27. The highest BCUT2D eigenvalue weighted by atomic mass is 35.5. The molecule has 22 heavy (non-hydrogen) atoms. The molecule has 6 nitrogen and oxygen atoms in total. The molecule has 0 aliphatic rings. The molecule has 0 spiro atoms. The van der Waals surface area contributed by atoms with E-state index in [0.29, 0.717) is 22.4 Å². The Morgan fingerprint density at radius 1 is 1.41 bits per heavy atom. The number of nitrogen functional groups attached to an aromatic ring is 1. The van der Waals surface area contributed by atoms with E-state index in [0.717, 1.165) is 4.68 Å². The minimum Gasteiger partial charge on any atom is -0.396 e. The molecule has 8 heteroatoms. The number of nitrogens with zero attached hydrogens (tertiary/aromatic N) is 2. The molecule has 0 atom stereocenters. The summed E-state index contributed by atoms with van der Waals surface area (Å²) in [5.41, 5.74) is 12.8. The molecule has 120 valence electrons. The third-order valence-corrected chi connectivity index (χ3v) is 3.29. The molecule has 0 aliphatic carbocycles. The fourth-order valence-electron chi connectivity index (χ4n) is 2.16. The molecule has 1 aromatic carbocycles. The van der Waals surface area contributed by atoms with Crippen LogP contribution in [0.15, 0.2) is 23.0 Å². The van der Waals surface area contributed by atoms with E-state index < -0.39 is 11.4 Å². The highest BCUT2D eigenvalue weighted by molar-refractivity contribution is 5.85. The van der Waals surface area contributed by atoms with Gasteiger partial charge in [0.15, 0.2) is 0 Å². The van der Waals surface area contributed by atoms with E-state index in [2.05, 4.69) is 5.10 Å². The fourth-order valence-corrected chi connectivity index (χ4v) is 2.16. The van der Waals surface area contributed by atoms with Crippen LogP contribution < -0.4 is 17.0 Å². The van der Waals surface area contributed by atoms with Crippen LogP contribution >= 0.6 is 12.4 Å². The van der Waals surface area contributed by atoms with Crippen molar-refractivity contribution in [1.29, 1.82) is 0 Å². The summed E-state index contributed by atoms with van der Waals surface area (Å²) >= 11 is 0.